The molecule has 6 heteroatoms. The van der Waals surface area contributed by atoms with Crippen LogP contribution in [-0.2, 0) is 0 Å². The standard InChI is InChI=1S/C14H19N.C14H18O.C14H18S.C8H13N.C8H12O.C8H12S.CH4/c3*1-7-8(2)10(4)14-13(9(7)3)11(5)12(6)15-14;3*1-5-6(2)8(4)9-7(5)3;/h15H,1-6H3;2*1-6H3;9H,1-4H3;2*1-4H3;1H4/i/hD2. The summed E-state index contributed by atoms with van der Waals surface area (Å²) in [4.78, 5) is 7.46. The van der Waals surface area contributed by atoms with Crippen LogP contribution >= 0.6 is 22.7 Å². The van der Waals surface area contributed by atoms with E-state index in [0.717, 1.165) is 45.5 Å². The lowest BCUT2D eigenvalue weighted by molar-refractivity contribution is 0.501. The molecule has 0 spiro atoms. The molecule has 2 N–H and O–H groups in total. The van der Waals surface area contributed by atoms with Crippen LogP contribution in [0, 0.1) is 208 Å². The van der Waals surface area contributed by atoms with Crippen LogP contribution in [0.25, 0.3) is 32.0 Å². The molecule has 6 aromatic heterocycles. The largest absolute Gasteiger partial charge is 0.466 e. The van der Waals surface area contributed by atoms with Crippen LogP contribution in [0.15, 0.2) is 8.83 Å². The number of thiophene rings is 2. The molecule has 3 aromatic carbocycles. The average Bonchev–Trinajstić information content (AvgIpc) is 4.09. The summed E-state index contributed by atoms with van der Waals surface area (Å²) in [6.45, 7) is 64.0. The normalized spacial score (nSPS) is 11.2. The molecular formula is C67H96N2O2S2. The van der Waals surface area contributed by atoms with E-state index in [-0.39, 0.29) is 7.43 Å². The zero-order valence-electron chi connectivity index (χ0n) is 52.5. The molecule has 4 nitrogen and oxygen atoms in total. The van der Waals surface area contributed by atoms with Gasteiger partial charge in [0.05, 0.1) is 0 Å². The van der Waals surface area contributed by atoms with Gasteiger partial charge in [-0.25, -0.2) is 0 Å². The van der Waals surface area contributed by atoms with E-state index in [1.807, 2.05) is 64.2 Å². The highest BCUT2D eigenvalue weighted by molar-refractivity contribution is 7.19. The fourth-order valence-electron chi connectivity index (χ4n) is 9.63. The maximum absolute atomic E-state index is 8.13. The zero-order chi connectivity index (χ0) is 56.8. The molecule has 9 rings (SSSR count). The number of aromatic amines is 2. The molecule has 0 atom stereocenters. The van der Waals surface area contributed by atoms with Crippen molar-refractivity contribution in [3.05, 3.63) is 166 Å². The first-order valence-corrected chi connectivity index (χ1v) is 27.4. The van der Waals surface area contributed by atoms with Crippen LogP contribution in [0.3, 0.4) is 0 Å². The first-order chi connectivity index (χ1) is 34.1. The number of hydrogen-bond acceptors (Lipinski definition) is 4. The van der Waals surface area contributed by atoms with Crippen molar-refractivity contribution in [3.63, 3.8) is 0 Å². The van der Waals surface area contributed by atoms with Crippen LogP contribution in [0.5, 0.6) is 0 Å². The Kier molecular flexibility index (Phi) is 19.8. The van der Waals surface area contributed by atoms with E-state index >= 15 is 0 Å². The molecule has 0 aliphatic rings. The summed E-state index contributed by atoms with van der Waals surface area (Å²) in [7, 11) is 0. The van der Waals surface area contributed by atoms with Gasteiger partial charge in [0.25, 0.3) is 0 Å². The van der Waals surface area contributed by atoms with Gasteiger partial charge in [0.1, 0.15) is 22.9 Å². The molecule has 0 bridgehead atoms. The zero-order valence-corrected chi connectivity index (χ0v) is 52.2. The summed E-state index contributed by atoms with van der Waals surface area (Å²) < 4.78 is 28.3. The fourth-order valence-corrected chi connectivity index (χ4v) is 12.0. The van der Waals surface area contributed by atoms with Crippen LogP contribution in [0.1, 0.15) is 173 Å². The highest BCUT2D eigenvalue weighted by Crippen LogP contribution is 2.39. The average molecular weight is 1030 g/mol. The number of benzene rings is 3. The third kappa shape index (κ3) is 12.4. The summed E-state index contributed by atoms with van der Waals surface area (Å²) in [6, 6.07) is 0. The fraction of sp³-hybridized carbons (Fsp3) is 0.463. The number of hydrogen-bond donors (Lipinski definition) is 2. The molecular weight excluding hydrogens is 929 g/mol. The second kappa shape index (κ2) is 24.5. The van der Waals surface area contributed by atoms with E-state index in [9.17, 15) is 0 Å². The molecule has 0 aliphatic heterocycles. The van der Waals surface area contributed by atoms with E-state index in [0.29, 0.717) is 0 Å². The Morgan fingerprint density at radius 1 is 0.274 bits per heavy atom. The minimum absolute atomic E-state index is 0. The molecule has 0 fully saturated rings. The summed E-state index contributed by atoms with van der Waals surface area (Å²) in [5.74, 6) is 3.14. The number of furan rings is 2. The van der Waals surface area contributed by atoms with Crippen molar-refractivity contribution in [1.82, 2.24) is 9.95 Å². The van der Waals surface area contributed by atoms with Crippen LogP contribution in [0.2, 0.25) is 2.82 Å². The summed E-state index contributed by atoms with van der Waals surface area (Å²) in [6.07, 6.45) is 0. The predicted molar refractivity (Wildman–Crippen MR) is 329 cm³/mol. The van der Waals surface area contributed by atoms with Gasteiger partial charge in [-0.05, 0) is 330 Å². The van der Waals surface area contributed by atoms with Crippen molar-refractivity contribution >= 4 is 54.6 Å². The van der Waals surface area contributed by atoms with E-state index in [4.69, 9.17) is 11.7 Å². The van der Waals surface area contributed by atoms with Gasteiger partial charge in [0, 0.05) is 52.7 Å². The van der Waals surface area contributed by atoms with Gasteiger partial charge in [-0.3, -0.25) is 0 Å². The molecule has 0 amide bonds. The Labute approximate surface area is 454 Å². The quantitative estimate of drug-likeness (QED) is 0.159. The van der Waals surface area contributed by atoms with Crippen molar-refractivity contribution in [3.8, 4) is 0 Å². The highest BCUT2D eigenvalue weighted by Gasteiger charge is 2.17. The highest BCUT2D eigenvalue weighted by atomic mass is 32.1. The number of nitrogens with one attached hydrogen (secondary N) is 2. The summed E-state index contributed by atoms with van der Waals surface area (Å²) in [5, 5.41) is 4.08. The van der Waals surface area contributed by atoms with Gasteiger partial charge in [-0.2, -0.15) is 0 Å². The minimum atomic E-state index is 0. The van der Waals surface area contributed by atoms with Gasteiger partial charge in [0.2, 0.25) is 0 Å². The number of aryl methyl sites for hydroxylation is 15. The molecule has 398 valence electrons. The predicted octanol–water partition coefficient (Wildman–Crippen LogP) is 21.4. The smallest absolute Gasteiger partial charge is 0.166 e. The second-order valence-corrected chi connectivity index (χ2v) is 23.6. The Balaban J connectivity index is 0.000000240. The van der Waals surface area contributed by atoms with Gasteiger partial charge in [-0.1, -0.05) is 7.43 Å². The molecule has 73 heavy (non-hydrogen) atoms. The van der Waals surface area contributed by atoms with E-state index in [2.05, 4.69) is 166 Å². The lowest BCUT2D eigenvalue weighted by Crippen LogP contribution is -1.93. The molecule has 0 aliphatic carbocycles. The molecule has 6 heterocycles. The van der Waals surface area contributed by atoms with Crippen LogP contribution in [-0.4, -0.2) is 9.95 Å². The second-order valence-electron chi connectivity index (χ2n) is 21.0. The van der Waals surface area contributed by atoms with Crippen molar-refractivity contribution in [1.29, 1.82) is 0 Å². The first kappa shape index (κ1) is 58.8. The number of rotatable bonds is 0. The molecule has 0 unspecified atom stereocenters. The first-order valence-electron chi connectivity index (χ1n) is 26.7. The topological polar surface area (TPSA) is 57.9 Å². The Hall–Kier alpha value is -5.04. The summed E-state index contributed by atoms with van der Waals surface area (Å²) in [5.41, 5.74) is 33.8. The van der Waals surface area contributed by atoms with Gasteiger partial charge < -0.3 is 18.8 Å². The molecule has 9 aromatic rings. The lowest BCUT2D eigenvalue weighted by Gasteiger charge is -2.11. The SMILES string of the molecule is C.Cc1oc(C)c(C)c1C.Cc1oc2c(C)c(C)c(C)c(C)c2c1C.Cc1sc(C)c(C)c1C.Cc1sc2c(C)c(C)c(C)c(C)c2c1C.[2H]n1c(C)c(C)c(C)c1C.[2H]n1c(C)c(C)c2c(C)c(C)c(C)c(C)c21. The minimum Gasteiger partial charge on any atom is -0.466 e. The van der Waals surface area contributed by atoms with E-state index in [1.54, 1.807) is 4.98 Å². The van der Waals surface area contributed by atoms with Gasteiger partial charge in [0.15, 0.2) is 2.82 Å². The Morgan fingerprint density at radius 2 is 0.630 bits per heavy atom. The van der Waals surface area contributed by atoms with Crippen molar-refractivity contribution < 1.29 is 11.7 Å². The molecule has 0 radical (unpaired) electrons. The number of fused-ring (bicyclic) bond motifs is 3. The maximum Gasteiger partial charge on any atom is 0.166 e. The number of H-pyrrole nitrogens is 2. The van der Waals surface area contributed by atoms with Crippen molar-refractivity contribution in [2.24, 2.45) is 0 Å². The maximum atomic E-state index is 8.13. The van der Waals surface area contributed by atoms with Gasteiger partial charge >= 0.3 is 0 Å². The third-order valence-electron chi connectivity index (χ3n) is 17.3. The summed E-state index contributed by atoms with van der Waals surface area (Å²) >= 11 is 3.84. The Morgan fingerprint density at radius 3 is 1.01 bits per heavy atom. The molecule has 0 saturated carbocycles. The van der Waals surface area contributed by atoms with Crippen LogP contribution < -0.4 is 0 Å². The van der Waals surface area contributed by atoms with Crippen molar-refractivity contribution in [2.45, 2.75) is 215 Å². The molecule has 0 saturated heterocycles. The number of aromatic nitrogens is 2. The monoisotopic (exact) mass is 1030 g/mol. The van der Waals surface area contributed by atoms with E-state index in [1.165, 1.54) is 157 Å². The van der Waals surface area contributed by atoms with Gasteiger partial charge in [-0.15, -0.1) is 22.7 Å². The van der Waals surface area contributed by atoms with E-state index < -0.39 is 0 Å². The third-order valence-corrected chi connectivity index (χ3v) is 19.8. The van der Waals surface area contributed by atoms with Crippen LogP contribution in [0.4, 0.5) is 0 Å². The van der Waals surface area contributed by atoms with Crippen molar-refractivity contribution in [2.75, 3.05) is 0 Å². The Bertz CT molecular complexity index is 3240. The lowest BCUT2D eigenvalue weighted by atomic mass is 9.94.